The molecule has 1 aromatic rings. The summed E-state index contributed by atoms with van der Waals surface area (Å²) in [5.41, 5.74) is 0.0672. The fourth-order valence-corrected chi connectivity index (χ4v) is 1.45. The highest BCUT2D eigenvalue weighted by Gasteiger charge is 2.40. The Bertz CT molecular complexity index is 374. The van der Waals surface area contributed by atoms with Crippen LogP contribution in [-0.4, -0.2) is 12.0 Å². The maximum atomic E-state index is 11.8. The standard InChI is InChI=1S/C7H2F3NOS/c8-7(9,10)6(12)5-1-4(2-11)3-13-5/h1,3H. The topological polar surface area (TPSA) is 40.9 Å². The Balaban J connectivity index is 2.98. The van der Waals surface area contributed by atoms with Crippen LogP contribution in [0.3, 0.4) is 0 Å². The Kier molecular flexibility index (Phi) is 2.38. The molecule has 68 valence electrons. The number of nitriles is 1. The molecule has 0 unspecified atom stereocenters. The predicted octanol–water partition coefficient (Wildman–Crippen LogP) is 2.36. The number of halogens is 3. The average molecular weight is 205 g/mol. The molecule has 0 fully saturated rings. The lowest BCUT2D eigenvalue weighted by atomic mass is 10.2. The first-order valence-corrected chi connectivity index (χ1v) is 3.93. The van der Waals surface area contributed by atoms with Crippen molar-refractivity contribution in [1.82, 2.24) is 0 Å². The van der Waals surface area contributed by atoms with Gasteiger partial charge in [0, 0.05) is 5.38 Å². The van der Waals surface area contributed by atoms with Gasteiger partial charge in [-0.2, -0.15) is 18.4 Å². The van der Waals surface area contributed by atoms with Gasteiger partial charge in [-0.1, -0.05) is 0 Å². The number of hydrogen-bond donors (Lipinski definition) is 0. The van der Waals surface area contributed by atoms with Crippen molar-refractivity contribution in [3.8, 4) is 6.07 Å². The minimum absolute atomic E-state index is 0.0672. The highest BCUT2D eigenvalue weighted by Crippen LogP contribution is 2.25. The molecule has 1 heterocycles. The number of Topliss-reactive ketones (excluding diaryl/α,β-unsaturated/α-hetero) is 1. The van der Waals surface area contributed by atoms with E-state index in [2.05, 4.69) is 0 Å². The van der Waals surface area contributed by atoms with E-state index < -0.39 is 16.8 Å². The normalized spacial score (nSPS) is 10.9. The average Bonchev–Trinajstić information content (AvgIpc) is 2.48. The molecule has 0 atom stereocenters. The molecule has 13 heavy (non-hydrogen) atoms. The molecule has 0 saturated carbocycles. The lowest BCUT2D eigenvalue weighted by Crippen LogP contribution is -2.21. The van der Waals surface area contributed by atoms with Gasteiger partial charge in [0.2, 0.25) is 0 Å². The number of nitrogens with zero attached hydrogens (tertiary/aromatic N) is 1. The molecule has 1 rings (SSSR count). The first kappa shape index (κ1) is 9.74. The highest BCUT2D eigenvalue weighted by atomic mass is 32.1. The molecule has 0 saturated heterocycles. The zero-order valence-electron chi connectivity index (χ0n) is 6.05. The van der Waals surface area contributed by atoms with Crippen molar-refractivity contribution in [2.45, 2.75) is 6.18 Å². The van der Waals surface area contributed by atoms with Crippen LogP contribution in [0, 0.1) is 11.3 Å². The third-order valence-electron chi connectivity index (χ3n) is 1.21. The van der Waals surface area contributed by atoms with E-state index in [1.807, 2.05) is 0 Å². The van der Waals surface area contributed by atoms with Gasteiger partial charge in [0.05, 0.1) is 10.4 Å². The van der Waals surface area contributed by atoms with Crippen molar-refractivity contribution < 1.29 is 18.0 Å². The van der Waals surface area contributed by atoms with Crippen LogP contribution in [0.1, 0.15) is 15.2 Å². The van der Waals surface area contributed by atoms with E-state index in [-0.39, 0.29) is 5.56 Å². The van der Waals surface area contributed by atoms with Crippen molar-refractivity contribution in [3.63, 3.8) is 0 Å². The summed E-state index contributed by atoms with van der Waals surface area (Å²) in [5, 5.41) is 9.51. The van der Waals surface area contributed by atoms with Crippen molar-refractivity contribution in [3.05, 3.63) is 21.9 Å². The zero-order valence-corrected chi connectivity index (χ0v) is 6.87. The monoisotopic (exact) mass is 205 g/mol. The minimum atomic E-state index is -4.86. The first-order chi connectivity index (χ1) is 5.95. The quantitative estimate of drug-likeness (QED) is 0.660. The molecule has 0 spiro atoms. The van der Waals surface area contributed by atoms with E-state index >= 15 is 0 Å². The summed E-state index contributed by atoms with van der Waals surface area (Å²) in [6.07, 6.45) is -4.86. The molecule has 1 aromatic heterocycles. The number of rotatable bonds is 1. The van der Waals surface area contributed by atoms with Crippen LogP contribution in [-0.2, 0) is 0 Å². The van der Waals surface area contributed by atoms with Crippen molar-refractivity contribution in [2.75, 3.05) is 0 Å². The number of alkyl halides is 3. The Labute approximate surface area is 75.2 Å². The Morgan fingerprint density at radius 3 is 2.54 bits per heavy atom. The van der Waals surface area contributed by atoms with Gasteiger partial charge >= 0.3 is 6.18 Å². The van der Waals surface area contributed by atoms with E-state index in [9.17, 15) is 18.0 Å². The SMILES string of the molecule is N#Cc1csc(C(=O)C(F)(F)F)c1. The molecule has 0 aliphatic carbocycles. The predicted molar refractivity (Wildman–Crippen MR) is 39.4 cm³/mol. The molecule has 0 aliphatic heterocycles. The van der Waals surface area contributed by atoms with E-state index in [1.165, 1.54) is 5.38 Å². The van der Waals surface area contributed by atoms with Crippen LogP contribution in [0.15, 0.2) is 11.4 Å². The number of hydrogen-bond acceptors (Lipinski definition) is 3. The fourth-order valence-electron chi connectivity index (χ4n) is 0.654. The van der Waals surface area contributed by atoms with Gasteiger partial charge in [0.15, 0.2) is 0 Å². The first-order valence-electron chi connectivity index (χ1n) is 3.05. The second kappa shape index (κ2) is 3.18. The smallest absolute Gasteiger partial charge is 0.283 e. The molecule has 0 amide bonds. The van der Waals surface area contributed by atoms with E-state index in [4.69, 9.17) is 5.26 Å². The molecular weight excluding hydrogens is 203 g/mol. The molecule has 0 aromatic carbocycles. The maximum absolute atomic E-state index is 11.8. The Morgan fingerprint density at radius 1 is 1.54 bits per heavy atom. The zero-order chi connectivity index (χ0) is 10.1. The summed E-state index contributed by atoms with van der Waals surface area (Å²) < 4.78 is 35.5. The number of ketones is 1. The highest BCUT2D eigenvalue weighted by molar-refractivity contribution is 7.12. The molecule has 2 nitrogen and oxygen atoms in total. The summed E-state index contributed by atoms with van der Waals surface area (Å²) in [4.78, 5) is 10.1. The van der Waals surface area contributed by atoms with Gasteiger partial charge in [0.25, 0.3) is 5.78 Å². The van der Waals surface area contributed by atoms with Gasteiger partial charge in [-0.05, 0) is 6.07 Å². The van der Waals surface area contributed by atoms with Gasteiger partial charge in [0.1, 0.15) is 6.07 Å². The van der Waals surface area contributed by atoms with Gasteiger partial charge < -0.3 is 0 Å². The van der Waals surface area contributed by atoms with Crippen LogP contribution in [0.25, 0.3) is 0 Å². The van der Waals surface area contributed by atoms with Gasteiger partial charge in [-0.3, -0.25) is 4.79 Å². The molecule has 0 aliphatic rings. The maximum Gasteiger partial charge on any atom is 0.455 e. The van der Waals surface area contributed by atoms with Crippen LogP contribution >= 0.6 is 11.3 Å². The second-order valence-electron chi connectivity index (χ2n) is 2.14. The molecule has 0 N–H and O–H groups in total. The lowest BCUT2D eigenvalue weighted by Gasteiger charge is -2.00. The summed E-state index contributed by atoms with van der Waals surface area (Å²) in [6, 6.07) is 2.58. The van der Waals surface area contributed by atoms with Crippen LogP contribution in [0.5, 0.6) is 0 Å². The van der Waals surface area contributed by atoms with Crippen molar-refractivity contribution >= 4 is 17.1 Å². The van der Waals surface area contributed by atoms with Crippen molar-refractivity contribution in [2.24, 2.45) is 0 Å². The summed E-state index contributed by atoms with van der Waals surface area (Å²) in [5.74, 6) is -1.90. The molecular formula is C7H2F3NOS. The molecule has 0 radical (unpaired) electrons. The summed E-state index contributed by atoms with van der Waals surface area (Å²) in [7, 11) is 0. The minimum Gasteiger partial charge on any atom is -0.283 e. The van der Waals surface area contributed by atoms with Crippen molar-refractivity contribution in [1.29, 1.82) is 5.26 Å². The van der Waals surface area contributed by atoms with Gasteiger partial charge in [-0.15, -0.1) is 11.3 Å². The number of thiophene rings is 1. The number of carbonyl (C=O) groups excluding carboxylic acids is 1. The summed E-state index contributed by atoms with van der Waals surface area (Å²) >= 11 is 0.617. The van der Waals surface area contributed by atoms with Gasteiger partial charge in [-0.25, -0.2) is 0 Å². The molecule has 0 bridgehead atoms. The Morgan fingerprint density at radius 2 is 2.15 bits per heavy atom. The molecule has 6 heteroatoms. The lowest BCUT2D eigenvalue weighted by molar-refractivity contribution is -0.0882. The second-order valence-corrected chi connectivity index (χ2v) is 3.05. The number of carbonyl (C=O) groups is 1. The van der Waals surface area contributed by atoms with Crippen LogP contribution in [0.4, 0.5) is 13.2 Å². The van der Waals surface area contributed by atoms with E-state index in [0.29, 0.717) is 11.3 Å². The largest absolute Gasteiger partial charge is 0.455 e. The van der Waals surface area contributed by atoms with E-state index in [1.54, 1.807) is 6.07 Å². The van der Waals surface area contributed by atoms with Crippen LogP contribution < -0.4 is 0 Å². The van der Waals surface area contributed by atoms with E-state index in [0.717, 1.165) is 6.07 Å². The third kappa shape index (κ3) is 2.06. The summed E-state index contributed by atoms with van der Waals surface area (Å²) in [6.45, 7) is 0. The Hall–Kier alpha value is -1.35. The fraction of sp³-hybridized carbons (Fsp3) is 0.143. The third-order valence-corrected chi connectivity index (χ3v) is 2.14. The van der Waals surface area contributed by atoms with Crippen LogP contribution in [0.2, 0.25) is 0 Å².